The van der Waals surface area contributed by atoms with Crippen molar-refractivity contribution in [1.82, 2.24) is 15.1 Å². The molecule has 4 aliphatic carbocycles. The van der Waals surface area contributed by atoms with Gasteiger partial charge in [-0.1, -0.05) is 0 Å². The number of amides is 1. The summed E-state index contributed by atoms with van der Waals surface area (Å²) < 4.78 is 32.5. The van der Waals surface area contributed by atoms with Crippen LogP contribution in [0.25, 0.3) is 0 Å². The summed E-state index contributed by atoms with van der Waals surface area (Å²) in [6.07, 6.45) is 8.76. The summed E-state index contributed by atoms with van der Waals surface area (Å²) in [7, 11) is -0.385. The highest BCUT2D eigenvalue weighted by molar-refractivity contribution is 6.62. The van der Waals surface area contributed by atoms with Gasteiger partial charge in [0.2, 0.25) is 0 Å². The van der Waals surface area contributed by atoms with E-state index in [1.807, 2.05) is 27.0 Å². The summed E-state index contributed by atoms with van der Waals surface area (Å²) in [5.41, 5.74) is 1.09. The minimum Gasteiger partial charge on any atom is -0.444 e. The van der Waals surface area contributed by atoms with E-state index < -0.39 is 11.7 Å². The molecule has 10 heteroatoms. The van der Waals surface area contributed by atoms with E-state index in [1.165, 1.54) is 19.3 Å². The molecule has 2 heterocycles. The SMILES string of the molecule is Cc1c(B2OC(C)(C)C(C)(C)O2)cnn1CC12CC3CC(C1)CC(OCCOCCNC(=O)OC(C)(C)C)(C3)C2. The number of hydrogen-bond donors (Lipinski definition) is 1. The molecule has 2 atom stereocenters. The van der Waals surface area contributed by atoms with Crippen molar-refractivity contribution < 1.29 is 28.3 Å². The van der Waals surface area contributed by atoms with Gasteiger partial charge in [0.1, 0.15) is 5.60 Å². The van der Waals surface area contributed by atoms with Gasteiger partial charge in [0, 0.05) is 30.4 Å². The van der Waals surface area contributed by atoms with Crippen LogP contribution in [-0.2, 0) is 30.1 Å². The molecule has 4 saturated carbocycles. The lowest BCUT2D eigenvalue weighted by Gasteiger charge is -2.61. The molecule has 5 aliphatic rings. The van der Waals surface area contributed by atoms with Gasteiger partial charge < -0.3 is 28.8 Å². The first-order chi connectivity index (χ1) is 18.6. The molecule has 1 N–H and O–H groups in total. The summed E-state index contributed by atoms with van der Waals surface area (Å²) in [6, 6.07) is 0. The Hall–Kier alpha value is -1.62. The molecule has 1 aromatic rings. The number of rotatable bonds is 10. The molecule has 4 bridgehead atoms. The molecule has 1 saturated heterocycles. The van der Waals surface area contributed by atoms with Gasteiger partial charge in [0.25, 0.3) is 0 Å². The Kier molecular flexibility index (Phi) is 7.90. The van der Waals surface area contributed by atoms with E-state index in [0.29, 0.717) is 26.4 Å². The van der Waals surface area contributed by atoms with E-state index in [4.69, 9.17) is 28.6 Å². The second kappa shape index (κ2) is 10.6. The number of carbonyl (C=O) groups excluding carboxylic acids is 1. The minimum absolute atomic E-state index is 0.0577. The van der Waals surface area contributed by atoms with Gasteiger partial charge in [-0.05, 0) is 111 Å². The molecule has 2 unspecified atom stereocenters. The largest absolute Gasteiger partial charge is 0.498 e. The highest BCUT2D eigenvalue weighted by Gasteiger charge is 2.59. The van der Waals surface area contributed by atoms with Crippen LogP contribution in [0.1, 0.15) is 92.7 Å². The molecule has 1 aromatic heterocycles. The third-order valence-corrected chi connectivity index (χ3v) is 9.81. The van der Waals surface area contributed by atoms with Crippen LogP contribution in [-0.4, -0.2) is 71.8 Å². The van der Waals surface area contributed by atoms with Crippen molar-refractivity contribution in [3.05, 3.63) is 11.9 Å². The van der Waals surface area contributed by atoms with Crippen molar-refractivity contribution in [3.63, 3.8) is 0 Å². The van der Waals surface area contributed by atoms with Crippen LogP contribution in [0.3, 0.4) is 0 Å². The lowest BCUT2D eigenvalue weighted by Crippen LogP contribution is -2.58. The summed E-state index contributed by atoms with van der Waals surface area (Å²) >= 11 is 0. The zero-order valence-corrected chi connectivity index (χ0v) is 25.9. The van der Waals surface area contributed by atoms with E-state index in [9.17, 15) is 4.79 Å². The summed E-state index contributed by atoms with van der Waals surface area (Å²) in [6.45, 7) is 18.9. The average Bonchev–Trinajstić information content (AvgIpc) is 3.25. The molecule has 6 rings (SSSR count). The zero-order chi connectivity index (χ0) is 29.0. The molecule has 0 aromatic carbocycles. The first kappa shape index (κ1) is 29.9. The number of nitrogens with one attached hydrogen (secondary N) is 1. The smallest absolute Gasteiger partial charge is 0.444 e. The molecular formula is C30H50BN3O6. The molecule has 1 aliphatic heterocycles. The minimum atomic E-state index is -0.500. The maximum absolute atomic E-state index is 11.8. The summed E-state index contributed by atoms with van der Waals surface area (Å²) in [5, 5.41) is 7.58. The average molecular weight is 560 g/mol. The van der Waals surface area contributed by atoms with E-state index >= 15 is 0 Å². The Morgan fingerprint density at radius 1 is 1.07 bits per heavy atom. The third kappa shape index (κ3) is 6.25. The van der Waals surface area contributed by atoms with Crippen LogP contribution in [0.2, 0.25) is 0 Å². The van der Waals surface area contributed by atoms with Crippen molar-refractivity contribution in [3.8, 4) is 0 Å². The molecule has 0 radical (unpaired) electrons. The van der Waals surface area contributed by atoms with Crippen molar-refractivity contribution in [1.29, 1.82) is 0 Å². The molecule has 9 nitrogen and oxygen atoms in total. The number of alkyl carbamates (subject to hydrolysis) is 1. The van der Waals surface area contributed by atoms with E-state index in [2.05, 4.69) is 44.6 Å². The summed E-state index contributed by atoms with van der Waals surface area (Å²) in [5.74, 6) is 1.44. The number of ether oxygens (including phenoxy) is 3. The van der Waals surface area contributed by atoms with Crippen LogP contribution in [0.5, 0.6) is 0 Å². The monoisotopic (exact) mass is 559 g/mol. The van der Waals surface area contributed by atoms with Gasteiger partial charge in [0.15, 0.2) is 0 Å². The number of hydrogen-bond acceptors (Lipinski definition) is 7. The third-order valence-electron chi connectivity index (χ3n) is 9.81. The zero-order valence-electron chi connectivity index (χ0n) is 25.9. The van der Waals surface area contributed by atoms with Gasteiger partial charge in [-0.3, -0.25) is 4.68 Å². The van der Waals surface area contributed by atoms with E-state index in [0.717, 1.165) is 48.8 Å². The molecule has 0 spiro atoms. The van der Waals surface area contributed by atoms with Crippen LogP contribution >= 0.6 is 0 Å². The Labute approximate surface area is 240 Å². The Morgan fingerprint density at radius 3 is 2.35 bits per heavy atom. The lowest BCUT2D eigenvalue weighted by molar-refractivity contribution is -0.201. The number of carbonyl (C=O) groups is 1. The first-order valence-electron chi connectivity index (χ1n) is 15.2. The van der Waals surface area contributed by atoms with Gasteiger partial charge in [-0.15, -0.1) is 0 Å². The van der Waals surface area contributed by atoms with Crippen molar-refractivity contribution >= 4 is 18.7 Å². The summed E-state index contributed by atoms with van der Waals surface area (Å²) in [4.78, 5) is 11.8. The fourth-order valence-electron chi connectivity index (χ4n) is 7.82. The van der Waals surface area contributed by atoms with E-state index in [-0.39, 0.29) is 29.3 Å². The molecular weight excluding hydrogens is 509 g/mol. The molecule has 40 heavy (non-hydrogen) atoms. The molecule has 5 fully saturated rings. The van der Waals surface area contributed by atoms with E-state index in [1.54, 1.807) is 0 Å². The lowest BCUT2D eigenvalue weighted by atomic mass is 9.48. The highest BCUT2D eigenvalue weighted by Crippen LogP contribution is 2.63. The van der Waals surface area contributed by atoms with Gasteiger partial charge in [-0.2, -0.15) is 5.10 Å². The van der Waals surface area contributed by atoms with Crippen molar-refractivity contribution in [2.45, 2.75) is 123 Å². The molecule has 224 valence electrons. The first-order valence-corrected chi connectivity index (χ1v) is 15.2. The van der Waals surface area contributed by atoms with Crippen LogP contribution in [0.4, 0.5) is 4.79 Å². The predicted molar refractivity (Wildman–Crippen MR) is 154 cm³/mol. The second-order valence-electron chi connectivity index (χ2n) is 15.0. The van der Waals surface area contributed by atoms with Gasteiger partial charge in [-0.25, -0.2) is 4.79 Å². The maximum atomic E-state index is 11.8. The van der Waals surface area contributed by atoms with Gasteiger partial charge >= 0.3 is 13.2 Å². The number of nitrogens with zero attached hydrogens (tertiary/aromatic N) is 2. The Balaban J connectivity index is 1.14. The van der Waals surface area contributed by atoms with Crippen LogP contribution < -0.4 is 10.8 Å². The van der Waals surface area contributed by atoms with Crippen molar-refractivity contribution in [2.24, 2.45) is 17.3 Å². The quantitative estimate of drug-likeness (QED) is 0.336. The predicted octanol–water partition coefficient (Wildman–Crippen LogP) is 4.39. The topological polar surface area (TPSA) is 93.1 Å². The Bertz CT molecular complexity index is 1050. The van der Waals surface area contributed by atoms with Crippen LogP contribution in [0, 0.1) is 24.2 Å². The van der Waals surface area contributed by atoms with Crippen LogP contribution in [0.15, 0.2) is 6.20 Å². The normalized spacial score (nSPS) is 32.0. The highest BCUT2D eigenvalue weighted by atomic mass is 16.7. The maximum Gasteiger partial charge on any atom is 0.498 e. The standard InChI is InChI=1S/C30H50BN3O6/c1-21-24(31-39-27(5,6)28(7,8)40-31)18-33-34(21)20-29-14-22-13-23(15-29)17-30(16-22,19-29)37-12-11-36-10-9-32-25(35)38-26(2,3)4/h18,22-23H,9-17,19-20H2,1-8H3,(H,32,35). The van der Waals surface area contributed by atoms with Gasteiger partial charge in [0.05, 0.1) is 36.6 Å². The Morgan fingerprint density at radius 2 is 1.73 bits per heavy atom. The second-order valence-corrected chi connectivity index (χ2v) is 15.0. The fourth-order valence-corrected chi connectivity index (χ4v) is 7.82. The number of aromatic nitrogens is 2. The van der Waals surface area contributed by atoms with Crippen molar-refractivity contribution in [2.75, 3.05) is 26.4 Å². The molecule has 1 amide bonds. The fraction of sp³-hybridized carbons (Fsp3) is 0.867.